The minimum absolute atomic E-state index is 0.209. The molecule has 5 aromatic rings. The van der Waals surface area contributed by atoms with E-state index in [0.717, 1.165) is 22.2 Å². The van der Waals surface area contributed by atoms with Gasteiger partial charge < -0.3 is 19.0 Å². The normalized spacial score (nSPS) is 10.9. The van der Waals surface area contributed by atoms with Crippen LogP contribution in [0.4, 0.5) is 0 Å². The molecule has 0 bridgehead atoms. The maximum absolute atomic E-state index is 11.9. The van der Waals surface area contributed by atoms with Crippen molar-refractivity contribution in [2.75, 3.05) is 0 Å². The average molecular weight is 453 g/mol. The summed E-state index contributed by atoms with van der Waals surface area (Å²) < 4.78 is 16.9. The van der Waals surface area contributed by atoms with E-state index in [1.807, 2.05) is 60.7 Å². The number of aromatic nitrogens is 1. The number of carboxylic acid groups (broad SMARTS) is 1. The molecule has 1 N–H and O–H groups in total. The first kappa shape index (κ1) is 21.2. The summed E-state index contributed by atoms with van der Waals surface area (Å²) in [6.45, 7) is 0.587. The molecule has 0 saturated heterocycles. The summed E-state index contributed by atoms with van der Waals surface area (Å²) in [7, 11) is 0. The van der Waals surface area contributed by atoms with Gasteiger partial charge in [-0.15, -0.1) is 0 Å². The lowest BCUT2D eigenvalue weighted by Gasteiger charge is -2.10. The summed E-state index contributed by atoms with van der Waals surface area (Å²) in [5.74, 6) is -0.272. The second kappa shape index (κ2) is 9.07. The first-order valence-corrected chi connectivity index (χ1v) is 10.6. The predicted molar refractivity (Wildman–Crippen MR) is 126 cm³/mol. The lowest BCUT2D eigenvalue weighted by atomic mass is 10.1. The maximum Gasteiger partial charge on any atom is 0.351 e. The summed E-state index contributed by atoms with van der Waals surface area (Å²) in [6.07, 6.45) is 0. The van der Waals surface area contributed by atoms with Gasteiger partial charge >= 0.3 is 11.6 Å². The van der Waals surface area contributed by atoms with Gasteiger partial charge in [0.1, 0.15) is 24.5 Å². The third-order valence-corrected chi connectivity index (χ3v) is 5.31. The van der Waals surface area contributed by atoms with Gasteiger partial charge in [0.2, 0.25) is 0 Å². The number of pyridine rings is 1. The molecule has 7 heteroatoms. The zero-order valence-corrected chi connectivity index (χ0v) is 17.9. The standard InChI is InChI=1S/C27H19NO6/c29-26(30)22-14-19-5-3-7-24(25(19)34-27(22)31)33-15-17-8-12-21(13-9-17)32-16-20-11-10-18-4-1-2-6-23(18)28-20/h1-14H,15-16H2,(H,29,30). The molecule has 5 rings (SSSR count). The van der Waals surface area contributed by atoms with Crippen LogP contribution in [0.5, 0.6) is 11.5 Å². The number of ether oxygens (including phenoxy) is 2. The van der Waals surface area contributed by atoms with E-state index in [-0.39, 0.29) is 12.2 Å². The van der Waals surface area contributed by atoms with Crippen LogP contribution in [-0.2, 0) is 13.2 Å². The number of hydrogen-bond donors (Lipinski definition) is 1. The number of carboxylic acids is 1. The molecule has 7 nitrogen and oxygen atoms in total. The van der Waals surface area contributed by atoms with Gasteiger partial charge in [0.25, 0.3) is 0 Å². The van der Waals surface area contributed by atoms with Crippen molar-refractivity contribution in [3.8, 4) is 11.5 Å². The highest BCUT2D eigenvalue weighted by Crippen LogP contribution is 2.26. The number of aromatic carboxylic acids is 1. The van der Waals surface area contributed by atoms with Crippen molar-refractivity contribution in [1.29, 1.82) is 0 Å². The van der Waals surface area contributed by atoms with Gasteiger partial charge in [-0.3, -0.25) is 0 Å². The Morgan fingerprint density at radius 1 is 0.853 bits per heavy atom. The monoisotopic (exact) mass is 453 g/mol. The number of para-hydroxylation sites is 2. The zero-order chi connectivity index (χ0) is 23.5. The number of carbonyl (C=O) groups is 1. The van der Waals surface area contributed by atoms with E-state index in [1.165, 1.54) is 6.07 Å². The van der Waals surface area contributed by atoms with E-state index >= 15 is 0 Å². The topological polar surface area (TPSA) is 98.9 Å². The summed E-state index contributed by atoms with van der Waals surface area (Å²) in [6, 6.07) is 25.7. The van der Waals surface area contributed by atoms with Gasteiger partial charge in [-0.1, -0.05) is 48.5 Å². The second-order valence-electron chi connectivity index (χ2n) is 7.64. The molecule has 168 valence electrons. The summed E-state index contributed by atoms with van der Waals surface area (Å²) in [5, 5.41) is 10.7. The van der Waals surface area contributed by atoms with Crippen LogP contribution in [0, 0.1) is 0 Å². The van der Waals surface area contributed by atoms with Gasteiger partial charge in [-0.25, -0.2) is 14.6 Å². The molecular formula is C27H19NO6. The molecular weight excluding hydrogens is 434 g/mol. The lowest BCUT2D eigenvalue weighted by Crippen LogP contribution is -2.13. The Morgan fingerprint density at radius 2 is 1.65 bits per heavy atom. The highest BCUT2D eigenvalue weighted by Gasteiger charge is 2.14. The maximum atomic E-state index is 11.9. The quantitative estimate of drug-likeness (QED) is 0.338. The van der Waals surface area contributed by atoms with E-state index in [0.29, 0.717) is 23.5 Å². The van der Waals surface area contributed by atoms with Crippen LogP contribution in [0.3, 0.4) is 0 Å². The van der Waals surface area contributed by atoms with E-state index in [9.17, 15) is 9.59 Å². The number of nitrogens with zero attached hydrogens (tertiary/aromatic N) is 1. The smallest absolute Gasteiger partial charge is 0.351 e. The zero-order valence-electron chi connectivity index (χ0n) is 17.9. The molecule has 0 spiro atoms. The van der Waals surface area contributed by atoms with Crippen LogP contribution in [0.1, 0.15) is 21.6 Å². The third kappa shape index (κ3) is 4.45. The fraction of sp³-hybridized carbons (Fsp3) is 0.0741. The highest BCUT2D eigenvalue weighted by molar-refractivity contribution is 5.92. The molecule has 2 heterocycles. The van der Waals surface area contributed by atoms with Crippen molar-refractivity contribution in [3.63, 3.8) is 0 Å². The van der Waals surface area contributed by atoms with Crippen molar-refractivity contribution >= 4 is 27.8 Å². The van der Waals surface area contributed by atoms with Crippen LogP contribution >= 0.6 is 0 Å². The summed E-state index contributed by atoms with van der Waals surface area (Å²) in [5.41, 5.74) is 1.53. The van der Waals surface area contributed by atoms with Crippen LogP contribution in [0.25, 0.3) is 21.9 Å². The molecule has 34 heavy (non-hydrogen) atoms. The molecule has 0 aliphatic carbocycles. The molecule has 0 atom stereocenters. The molecule has 0 fully saturated rings. The Kier molecular flexibility index (Phi) is 5.66. The Hall–Kier alpha value is -4.65. The Morgan fingerprint density at radius 3 is 2.47 bits per heavy atom. The van der Waals surface area contributed by atoms with Gasteiger partial charge in [0.05, 0.1) is 11.2 Å². The second-order valence-corrected chi connectivity index (χ2v) is 7.64. The summed E-state index contributed by atoms with van der Waals surface area (Å²) in [4.78, 5) is 27.7. The van der Waals surface area contributed by atoms with Crippen LogP contribution in [-0.4, -0.2) is 16.1 Å². The molecule has 0 amide bonds. The summed E-state index contributed by atoms with van der Waals surface area (Å²) >= 11 is 0. The van der Waals surface area contributed by atoms with Crippen molar-refractivity contribution in [2.45, 2.75) is 13.2 Å². The average Bonchev–Trinajstić information content (AvgIpc) is 2.86. The highest BCUT2D eigenvalue weighted by atomic mass is 16.5. The molecule has 2 aromatic heterocycles. The first-order valence-electron chi connectivity index (χ1n) is 10.6. The number of hydrogen-bond acceptors (Lipinski definition) is 6. The number of benzene rings is 3. The molecule has 3 aromatic carbocycles. The fourth-order valence-electron chi connectivity index (χ4n) is 3.57. The minimum Gasteiger partial charge on any atom is -0.487 e. The van der Waals surface area contributed by atoms with Crippen LogP contribution in [0.15, 0.2) is 94.1 Å². The number of rotatable bonds is 7. The molecule has 0 unspecified atom stereocenters. The van der Waals surface area contributed by atoms with Crippen molar-refractivity contribution < 1.29 is 23.8 Å². The fourth-order valence-corrected chi connectivity index (χ4v) is 3.57. The Bertz CT molecular complexity index is 1560. The Labute approximate surface area is 193 Å². The SMILES string of the molecule is O=C(O)c1cc2cccc(OCc3ccc(OCc4ccc5ccccc5n4)cc3)c2oc1=O. The largest absolute Gasteiger partial charge is 0.487 e. The van der Waals surface area contributed by atoms with Crippen molar-refractivity contribution in [2.24, 2.45) is 0 Å². The Balaban J connectivity index is 1.24. The van der Waals surface area contributed by atoms with Crippen molar-refractivity contribution in [3.05, 3.63) is 112 Å². The molecule has 0 aliphatic heterocycles. The van der Waals surface area contributed by atoms with Crippen LogP contribution in [0.2, 0.25) is 0 Å². The van der Waals surface area contributed by atoms with E-state index < -0.39 is 17.2 Å². The van der Waals surface area contributed by atoms with E-state index in [1.54, 1.807) is 18.2 Å². The molecule has 0 saturated carbocycles. The van der Waals surface area contributed by atoms with Crippen molar-refractivity contribution in [1.82, 2.24) is 4.98 Å². The van der Waals surface area contributed by atoms with Gasteiger partial charge in [0, 0.05) is 10.8 Å². The van der Waals surface area contributed by atoms with E-state index in [2.05, 4.69) is 4.98 Å². The minimum atomic E-state index is -1.33. The van der Waals surface area contributed by atoms with Gasteiger partial charge in [-0.2, -0.15) is 0 Å². The van der Waals surface area contributed by atoms with Crippen LogP contribution < -0.4 is 15.1 Å². The predicted octanol–water partition coefficient (Wildman–Crippen LogP) is 5.20. The van der Waals surface area contributed by atoms with E-state index in [4.69, 9.17) is 19.0 Å². The third-order valence-electron chi connectivity index (χ3n) is 5.31. The first-order chi connectivity index (χ1) is 16.6. The molecule has 0 radical (unpaired) electrons. The number of fused-ring (bicyclic) bond motifs is 2. The van der Waals surface area contributed by atoms with Gasteiger partial charge in [0.15, 0.2) is 11.3 Å². The molecule has 0 aliphatic rings. The lowest BCUT2D eigenvalue weighted by molar-refractivity contribution is 0.0692. The van der Waals surface area contributed by atoms with Gasteiger partial charge in [-0.05, 0) is 42.0 Å².